The van der Waals surface area contributed by atoms with Gasteiger partial charge in [-0.3, -0.25) is 0 Å². The highest BCUT2D eigenvalue weighted by atomic mass is 127. The average Bonchev–Trinajstić information content (AvgIpc) is 2.34. The Hall–Kier alpha value is 0.610. The summed E-state index contributed by atoms with van der Waals surface area (Å²) in [4.78, 5) is 0. The van der Waals surface area contributed by atoms with Gasteiger partial charge in [0.2, 0.25) is 0 Å². The molecular weight excluding hydrogens is 247 g/mol. The van der Waals surface area contributed by atoms with Crippen LogP contribution in [0.5, 0.6) is 0 Å². The van der Waals surface area contributed by atoms with Gasteiger partial charge in [0.25, 0.3) is 0 Å². The SMILES string of the molecule is CC(I)C1OCC(CO)O1. The van der Waals surface area contributed by atoms with E-state index in [0.717, 1.165) is 0 Å². The Morgan fingerprint density at radius 3 is 2.80 bits per heavy atom. The molecule has 0 aromatic carbocycles. The molecule has 0 radical (unpaired) electrons. The predicted molar refractivity (Wildman–Crippen MR) is 45.2 cm³/mol. The van der Waals surface area contributed by atoms with Crippen LogP contribution in [0.15, 0.2) is 0 Å². The minimum atomic E-state index is -0.127. The fraction of sp³-hybridized carbons (Fsp3) is 1.00. The number of hydrogen-bond acceptors (Lipinski definition) is 3. The molecule has 1 fully saturated rings. The molecular formula is C6H11IO3. The molecule has 0 bridgehead atoms. The highest BCUT2D eigenvalue weighted by molar-refractivity contribution is 14.1. The second-order valence-corrected chi connectivity index (χ2v) is 4.28. The van der Waals surface area contributed by atoms with Crippen LogP contribution >= 0.6 is 22.6 Å². The summed E-state index contributed by atoms with van der Waals surface area (Å²) in [5.41, 5.74) is 0. The smallest absolute Gasteiger partial charge is 0.169 e. The summed E-state index contributed by atoms with van der Waals surface area (Å²) in [6.07, 6.45) is -0.236. The first-order valence-corrected chi connectivity index (χ1v) is 4.50. The predicted octanol–water partition coefficient (Wildman–Crippen LogP) is 0.544. The Labute approximate surface area is 73.8 Å². The van der Waals surface area contributed by atoms with Crippen LogP contribution in [0.25, 0.3) is 0 Å². The molecule has 0 saturated carbocycles. The van der Waals surface area contributed by atoms with E-state index in [1.807, 2.05) is 6.92 Å². The first kappa shape index (κ1) is 8.70. The third-order valence-corrected chi connectivity index (χ3v) is 1.94. The summed E-state index contributed by atoms with van der Waals surface area (Å²) < 4.78 is 10.9. The number of aliphatic hydroxyl groups excluding tert-OH is 1. The van der Waals surface area contributed by atoms with E-state index in [2.05, 4.69) is 22.6 Å². The molecule has 3 unspecified atom stereocenters. The molecule has 3 atom stereocenters. The second-order valence-electron chi connectivity index (χ2n) is 2.32. The second kappa shape index (κ2) is 3.85. The Morgan fingerprint density at radius 2 is 2.50 bits per heavy atom. The maximum Gasteiger partial charge on any atom is 0.169 e. The van der Waals surface area contributed by atoms with Crippen molar-refractivity contribution in [3.05, 3.63) is 0 Å². The van der Waals surface area contributed by atoms with Crippen LogP contribution in [0, 0.1) is 0 Å². The molecule has 1 aliphatic rings. The fourth-order valence-electron chi connectivity index (χ4n) is 0.807. The standard InChI is InChI=1S/C6H11IO3/c1-4(7)6-9-3-5(2-8)10-6/h4-6,8H,2-3H2,1H3. The van der Waals surface area contributed by atoms with Crippen molar-refractivity contribution in [3.63, 3.8) is 0 Å². The molecule has 4 heteroatoms. The van der Waals surface area contributed by atoms with Crippen molar-refractivity contribution < 1.29 is 14.6 Å². The first-order chi connectivity index (χ1) is 4.74. The molecule has 0 aromatic rings. The van der Waals surface area contributed by atoms with E-state index >= 15 is 0 Å². The Morgan fingerprint density at radius 1 is 1.80 bits per heavy atom. The molecule has 0 spiro atoms. The van der Waals surface area contributed by atoms with Gasteiger partial charge in [0.1, 0.15) is 6.10 Å². The van der Waals surface area contributed by atoms with Crippen molar-refractivity contribution >= 4 is 22.6 Å². The number of hydrogen-bond donors (Lipinski definition) is 1. The van der Waals surface area contributed by atoms with Gasteiger partial charge in [-0.1, -0.05) is 22.6 Å². The van der Waals surface area contributed by atoms with Crippen LogP contribution < -0.4 is 0 Å². The topological polar surface area (TPSA) is 38.7 Å². The summed E-state index contributed by atoms with van der Waals surface area (Å²) in [5.74, 6) is 0. The Kier molecular flexibility index (Phi) is 3.35. The van der Waals surface area contributed by atoms with Gasteiger partial charge in [-0.05, 0) is 6.92 Å². The number of rotatable bonds is 2. The van der Waals surface area contributed by atoms with Crippen LogP contribution in [-0.4, -0.2) is 34.6 Å². The largest absolute Gasteiger partial charge is 0.394 e. The van der Waals surface area contributed by atoms with E-state index in [4.69, 9.17) is 14.6 Å². The van der Waals surface area contributed by atoms with Crippen molar-refractivity contribution in [2.45, 2.75) is 23.2 Å². The zero-order valence-corrected chi connectivity index (χ0v) is 7.95. The molecule has 0 amide bonds. The van der Waals surface area contributed by atoms with E-state index in [1.54, 1.807) is 0 Å². The van der Waals surface area contributed by atoms with Crippen LogP contribution in [0.1, 0.15) is 6.92 Å². The fourth-order valence-corrected chi connectivity index (χ4v) is 1.18. The number of halogens is 1. The zero-order chi connectivity index (χ0) is 7.56. The minimum Gasteiger partial charge on any atom is -0.394 e. The van der Waals surface area contributed by atoms with Gasteiger partial charge in [-0.25, -0.2) is 0 Å². The third-order valence-electron chi connectivity index (χ3n) is 1.35. The lowest BCUT2D eigenvalue weighted by atomic mass is 10.4. The molecule has 0 aliphatic carbocycles. The highest BCUT2D eigenvalue weighted by Gasteiger charge is 2.28. The Bertz CT molecular complexity index is 107. The maximum absolute atomic E-state index is 8.66. The van der Waals surface area contributed by atoms with Crippen LogP contribution in [0.2, 0.25) is 0 Å². The van der Waals surface area contributed by atoms with Gasteiger partial charge in [-0.15, -0.1) is 0 Å². The van der Waals surface area contributed by atoms with Crippen molar-refractivity contribution in [3.8, 4) is 0 Å². The van der Waals surface area contributed by atoms with Crippen LogP contribution in [0.3, 0.4) is 0 Å². The molecule has 3 nitrogen and oxygen atoms in total. The number of ether oxygens (including phenoxy) is 2. The highest BCUT2D eigenvalue weighted by Crippen LogP contribution is 2.18. The van der Waals surface area contributed by atoms with Gasteiger partial charge >= 0.3 is 0 Å². The number of aliphatic hydroxyl groups is 1. The molecule has 1 rings (SSSR count). The Balaban J connectivity index is 2.28. The summed E-state index contributed by atoms with van der Waals surface area (Å²) >= 11 is 2.24. The normalized spacial score (nSPS) is 36.3. The van der Waals surface area contributed by atoms with E-state index < -0.39 is 0 Å². The van der Waals surface area contributed by atoms with E-state index in [1.165, 1.54) is 0 Å². The lowest BCUT2D eigenvalue weighted by Gasteiger charge is -2.11. The van der Waals surface area contributed by atoms with Gasteiger partial charge < -0.3 is 14.6 Å². The minimum absolute atomic E-state index is 0.0554. The van der Waals surface area contributed by atoms with Gasteiger partial charge in [0.15, 0.2) is 6.29 Å². The average molecular weight is 258 g/mol. The first-order valence-electron chi connectivity index (χ1n) is 3.26. The molecule has 60 valence electrons. The molecule has 1 N–H and O–H groups in total. The van der Waals surface area contributed by atoms with Crippen LogP contribution in [-0.2, 0) is 9.47 Å². The summed E-state index contributed by atoms with van der Waals surface area (Å²) in [7, 11) is 0. The van der Waals surface area contributed by atoms with E-state index in [9.17, 15) is 0 Å². The molecule has 10 heavy (non-hydrogen) atoms. The summed E-state index contributed by atoms with van der Waals surface area (Å²) in [5, 5.41) is 8.66. The maximum atomic E-state index is 8.66. The molecule has 0 aromatic heterocycles. The lowest BCUT2D eigenvalue weighted by molar-refractivity contribution is -0.0591. The van der Waals surface area contributed by atoms with Gasteiger partial charge in [-0.2, -0.15) is 0 Å². The van der Waals surface area contributed by atoms with Crippen LogP contribution in [0.4, 0.5) is 0 Å². The van der Waals surface area contributed by atoms with Crippen molar-refractivity contribution in [1.82, 2.24) is 0 Å². The molecule has 1 aliphatic heterocycles. The van der Waals surface area contributed by atoms with Crippen molar-refractivity contribution in [2.24, 2.45) is 0 Å². The van der Waals surface area contributed by atoms with E-state index in [0.29, 0.717) is 10.5 Å². The number of alkyl halides is 1. The molecule has 1 saturated heterocycles. The third kappa shape index (κ3) is 2.05. The quantitative estimate of drug-likeness (QED) is 0.580. The van der Waals surface area contributed by atoms with Crippen molar-refractivity contribution in [2.75, 3.05) is 13.2 Å². The van der Waals surface area contributed by atoms with Gasteiger partial charge in [0, 0.05) is 0 Å². The molecule has 1 heterocycles. The monoisotopic (exact) mass is 258 g/mol. The summed E-state index contributed by atoms with van der Waals surface area (Å²) in [6, 6.07) is 0. The lowest BCUT2D eigenvalue weighted by Crippen LogP contribution is -2.21. The van der Waals surface area contributed by atoms with E-state index in [-0.39, 0.29) is 19.0 Å². The summed E-state index contributed by atoms with van der Waals surface area (Å²) in [6.45, 7) is 2.60. The zero-order valence-electron chi connectivity index (χ0n) is 5.79. The van der Waals surface area contributed by atoms with Crippen molar-refractivity contribution in [1.29, 1.82) is 0 Å². The van der Waals surface area contributed by atoms with Gasteiger partial charge in [0.05, 0.1) is 17.1 Å².